The van der Waals surface area contributed by atoms with Crippen LogP contribution in [0.25, 0.3) is 0 Å². The van der Waals surface area contributed by atoms with Gasteiger partial charge in [0.15, 0.2) is 0 Å². The maximum absolute atomic E-state index is 13.0. The molecule has 2 amide bonds. The van der Waals surface area contributed by atoms with Crippen molar-refractivity contribution in [3.63, 3.8) is 0 Å². The highest BCUT2D eigenvalue weighted by atomic mass is 31.2. The van der Waals surface area contributed by atoms with E-state index in [-0.39, 0.29) is 68.7 Å². The number of nitrogens with zero attached hydrogens (tertiary/aromatic N) is 3. The fraction of sp³-hybridized carbons (Fsp3) is 0.839. The molecule has 0 saturated heterocycles. The number of aliphatic hydroxyl groups excluding tert-OH is 1. The molecule has 14 heteroatoms. The Hall–Kier alpha value is -2.50. The molecule has 0 heterocycles. The number of ether oxygens (including phenoxy) is 3. The van der Waals surface area contributed by atoms with Crippen LogP contribution in [0.5, 0.6) is 0 Å². The van der Waals surface area contributed by atoms with E-state index in [0.29, 0.717) is 71.3 Å². The van der Waals surface area contributed by atoms with Crippen LogP contribution in [0.2, 0.25) is 0 Å². The summed E-state index contributed by atoms with van der Waals surface area (Å²) < 4.78 is 27.4. The molecule has 0 aromatic heterocycles. The molecular formula is C31H58N3O10P. The molecule has 1 atom stereocenters. The molecule has 0 aliphatic carbocycles. The first-order valence-electron chi connectivity index (χ1n) is 16.3. The Balaban J connectivity index is 4.24. The maximum Gasteiger partial charge on any atom is 0.320 e. The van der Waals surface area contributed by atoms with Gasteiger partial charge in [0, 0.05) is 51.9 Å². The quantitative estimate of drug-likeness (QED) is 0.0435. The van der Waals surface area contributed by atoms with Gasteiger partial charge >= 0.3 is 23.9 Å². The van der Waals surface area contributed by atoms with Crippen molar-refractivity contribution in [2.24, 2.45) is 0 Å². The Morgan fingerprint density at radius 3 is 1.73 bits per heavy atom. The predicted octanol–water partition coefficient (Wildman–Crippen LogP) is 4.44. The minimum Gasteiger partial charge on any atom is -0.466 e. The van der Waals surface area contributed by atoms with E-state index >= 15 is 0 Å². The van der Waals surface area contributed by atoms with Crippen molar-refractivity contribution < 1.29 is 47.9 Å². The van der Waals surface area contributed by atoms with Gasteiger partial charge in [-0.05, 0) is 58.5 Å². The molecule has 0 aromatic carbocycles. The summed E-state index contributed by atoms with van der Waals surface area (Å²) in [6.45, 7) is 7.94. The lowest BCUT2D eigenvalue weighted by Crippen LogP contribution is -2.47. The van der Waals surface area contributed by atoms with E-state index in [1.54, 1.807) is 18.9 Å². The van der Waals surface area contributed by atoms with Crippen LogP contribution in [0.4, 0.5) is 4.79 Å². The van der Waals surface area contributed by atoms with Crippen molar-refractivity contribution in [1.29, 1.82) is 0 Å². The molecule has 1 N–H and O–H groups in total. The van der Waals surface area contributed by atoms with Gasteiger partial charge in [-0.2, -0.15) is 0 Å². The lowest BCUT2D eigenvalue weighted by Gasteiger charge is -2.31. The molecular weight excluding hydrogens is 605 g/mol. The van der Waals surface area contributed by atoms with Crippen molar-refractivity contribution in [1.82, 2.24) is 14.7 Å². The van der Waals surface area contributed by atoms with Crippen LogP contribution in [-0.4, -0.2) is 122 Å². The van der Waals surface area contributed by atoms with Gasteiger partial charge in [0.2, 0.25) is 0 Å². The molecule has 1 unspecified atom stereocenters. The van der Waals surface area contributed by atoms with Crippen molar-refractivity contribution >= 4 is 36.9 Å². The zero-order valence-electron chi connectivity index (χ0n) is 28.3. The molecule has 45 heavy (non-hydrogen) atoms. The van der Waals surface area contributed by atoms with Crippen LogP contribution >= 0.6 is 7.14 Å². The van der Waals surface area contributed by atoms with E-state index in [4.69, 9.17) is 19.3 Å². The third kappa shape index (κ3) is 21.8. The molecule has 0 saturated carbocycles. The largest absolute Gasteiger partial charge is 0.466 e. The second-order valence-electron chi connectivity index (χ2n) is 11.3. The summed E-state index contributed by atoms with van der Waals surface area (Å²) in [7, 11) is 0.711. The number of likely N-dealkylation sites (N-methyl/N-ethyl adjacent to an activating group) is 1. The second kappa shape index (κ2) is 25.7. The Morgan fingerprint density at radius 1 is 0.667 bits per heavy atom. The molecule has 0 radical (unpaired) electrons. The molecule has 0 aliphatic rings. The highest BCUT2D eigenvalue weighted by Gasteiger charge is 2.21. The normalized spacial score (nSPS) is 12.3. The number of carbonyl (C=O) groups excluding carboxylic acids is 5. The average Bonchev–Trinajstić information content (AvgIpc) is 3.02. The number of hydrogen-bond acceptors (Lipinski definition) is 11. The van der Waals surface area contributed by atoms with Gasteiger partial charge < -0.3 is 33.7 Å². The predicted molar refractivity (Wildman–Crippen MR) is 172 cm³/mol. The van der Waals surface area contributed by atoms with E-state index in [0.717, 1.165) is 12.8 Å². The van der Waals surface area contributed by atoms with E-state index in [1.807, 2.05) is 25.8 Å². The molecule has 0 aliphatic heterocycles. The number of unbranched alkanes of at least 4 members (excludes halogenated alkanes) is 2. The number of rotatable bonds is 27. The van der Waals surface area contributed by atoms with Crippen molar-refractivity contribution in [3.8, 4) is 0 Å². The van der Waals surface area contributed by atoms with Crippen molar-refractivity contribution in [3.05, 3.63) is 0 Å². The standard InChI is InChI=1S/C31H58N3O10P/c1-6-19-34(31(40)33(5)21-23-43-29(38)17-12-11-16-28(37)42-22-7-2)24-32(4)20-13-15-27(36)14-9-10-18-30(39)44-26-45(41,8-3)25-35/h35H,6-26H2,1-5H3. The number of urea groups is 1. The summed E-state index contributed by atoms with van der Waals surface area (Å²) in [6, 6.07) is -0.172. The van der Waals surface area contributed by atoms with E-state index in [2.05, 4.69) is 0 Å². The summed E-state index contributed by atoms with van der Waals surface area (Å²) in [4.78, 5) is 65.9. The Kier molecular flexibility index (Phi) is 24.2. The van der Waals surface area contributed by atoms with Crippen LogP contribution in [0.3, 0.4) is 0 Å². The fourth-order valence-electron chi connectivity index (χ4n) is 4.15. The van der Waals surface area contributed by atoms with Gasteiger partial charge in [-0.15, -0.1) is 0 Å². The van der Waals surface area contributed by atoms with E-state index < -0.39 is 19.5 Å². The number of Topliss-reactive ketones (excluding diaryl/α,β-unsaturated/α-hetero) is 1. The van der Waals surface area contributed by atoms with Gasteiger partial charge in [-0.1, -0.05) is 20.8 Å². The second-order valence-corrected chi connectivity index (χ2v) is 14.6. The summed E-state index contributed by atoms with van der Waals surface area (Å²) >= 11 is 0. The summed E-state index contributed by atoms with van der Waals surface area (Å²) in [5.74, 6) is -0.983. The number of ketones is 1. The number of hydrogen-bond donors (Lipinski definition) is 1. The van der Waals surface area contributed by atoms with Crippen LogP contribution in [0, 0.1) is 0 Å². The van der Waals surface area contributed by atoms with Gasteiger partial charge in [0.1, 0.15) is 25.9 Å². The van der Waals surface area contributed by atoms with Crippen molar-refractivity contribution in [2.75, 3.05) is 72.5 Å². The van der Waals surface area contributed by atoms with Crippen LogP contribution in [0.1, 0.15) is 97.8 Å². The minimum atomic E-state index is -2.85. The van der Waals surface area contributed by atoms with Gasteiger partial charge in [-0.3, -0.25) is 24.1 Å². The lowest BCUT2D eigenvalue weighted by atomic mass is 10.1. The molecule has 0 fully saturated rings. The van der Waals surface area contributed by atoms with Gasteiger partial charge in [-0.25, -0.2) is 4.79 Å². The lowest BCUT2D eigenvalue weighted by molar-refractivity contribution is -0.146. The zero-order valence-corrected chi connectivity index (χ0v) is 29.2. The van der Waals surface area contributed by atoms with Crippen molar-refractivity contribution in [2.45, 2.75) is 97.8 Å². The molecule has 13 nitrogen and oxygen atoms in total. The summed E-state index contributed by atoms with van der Waals surface area (Å²) in [5.41, 5.74) is 0. The molecule has 0 aromatic rings. The Morgan fingerprint density at radius 2 is 1.20 bits per heavy atom. The SMILES string of the molecule is CCCOC(=O)CCCCC(=O)OCCN(C)C(=O)N(CCC)CN(C)CCCC(=O)CCCCC(=O)OCP(=O)(CC)CO. The molecule has 262 valence electrons. The van der Waals surface area contributed by atoms with Gasteiger partial charge in [0.25, 0.3) is 0 Å². The average molecular weight is 664 g/mol. The zero-order chi connectivity index (χ0) is 34.1. The first-order valence-corrected chi connectivity index (χ1v) is 18.5. The monoisotopic (exact) mass is 663 g/mol. The van der Waals surface area contributed by atoms with E-state index in [1.165, 1.54) is 4.90 Å². The molecule has 0 rings (SSSR count). The summed E-state index contributed by atoms with van der Waals surface area (Å²) in [5, 5.41) is 9.15. The maximum atomic E-state index is 13.0. The van der Waals surface area contributed by atoms with Crippen LogP contribution in [0.15, 0.2) is 0 Å². The third-order valence-electron chi connectivity index (χ3n) is 7.05. The highest BCUT2D eigenvalue weighted by Crippen LogP contribution is 2.43. The minimum absolute atomic E-state index is 0.0867. The molecule has 0 spiro atoms. The fourth-order valence-corrected chi connectivity index (χ4v) is 4.99. The number of esters is 3. The third-order valence-corrected chi connectivity index (χ3v) is 9.32. The molecule has 0 bridgehead atoms. The summed E-state index contributed by atoms with van der Waals surface area (Å²) in [6.07, 6.45) is 5.28. The highest BCUT2D eigenvalue weighted by molar-refractivity contribution is 7.63. The van der Waals surface area contributed by atoms with Crippen LogP contribution in [-0.2, 0) is 38.0 Å². The smallest absolute Gasteiger partial charge is 0.320 e. The van der Waals surface area contributed by atoms with Gasteiger partial charge in [0.05, 0.1) is 26.2 Å². The number of amides is 2. The Labute approximate surface area is 269 Å². The number of aliphatic hydroxyl groups is 1. The van der Waals surface area contributed by atoms with E-state index in [9.17, 15) is 28.5 Å². The first-order chi connectivity index (χ1) is 21.4. The number of carbonyl (C=O) groups is 5. The Bertz CT molecular complexity index is 925. The topological polar surface area (TPSA) is 160 Å². The van der Waals surface area contributed by atoms with Crippen LogP contribution < -0.4 is 0 Å². The first kappa shape index (κ1) is 42.5.